The van der Waals surface area contributed by atoms with Gasteiger partial charge in [-0.3, -0.25) is 9.59 Å². The van der Waals surface area contributed by atoms with Crippen LogP contribution in [0.15, 0.2) is 77.9 Å². The predicted octanol–water partition coefficient (Wildman–Crippen LogP) is 4.05. The van der Waals surface area contributed by atoms with Crippen molar-refractivity contribution in [3.8, 4) is 11.5 Å². The number of rotatable bonds is 7. The van der Waals surface area contributed by atoms with Gasteiger partial charge in [-0.15, -0.1) is 0 Å². The fraction of sp³-hybridized carbons (Fsp3) is 0.0833. The number of ether oxygens (including phenoxy) is 2. The van der Waals surface area contributed by atoms with Gasteiger partial charge in [0, 0.05) is 5.02 Å². The maximum Gasteiger partial charge on any atom is 0.343 e. The smallest absolute Gasteiger partial charge is 0.343 e. The summed E-state index contributed by atoms with van der Waals surface area (Å²) >= 11 is 5.89. The average Bonchev–Trinajstić information content (AvgIpc) is 2.80. The highest BCUT2D eigenvalue weighted by Crippen LogP contribution is 2.23. The summed E-state index contributed by atoms with van der Waals surface area (Å²) in [4.78, 5) is 36.4. The van der Waals surface area contributed by atoms with Crippen LogP contribution in [0.25, 0.3) is 0 Å². The molecule has 3 rings (SSSR count). The molecule has 2 N–H and O–H groups in total. The molecule has 168 valence electrons. The lowest BCUT2D eigenvalue weighted by Gasteiger charge is -2.10. The zero-order valence-electron chi connectivity index (χ0n) is 17.6. The zero-order valence-corrected chi connectivity index (χ0v) is 18.3. The molecule has 0 aromatic heterocycles. The molecule has 0 saturated heterocycles. The van der Waals surface area contributed by atoms with Crippen LogP contribution in [0, 0.1) is 0 Å². The van der Waals surface area contributed by atoms with E-state index in [-0.39, 0.29) is 5.75 Å². The van der Waals surface area contributed by atoms with E-state index in [1.807, 2.05) is 6.92 Å². The fourth-order valence-corrected chi connectivity index (χ4v) is 2.88. The van der Waals surface area contributed by atoms with Crippen LogP contribution in [0.5, 0.6) is 11.5 Å². The first-order chi connectivity index (χ1) is 16.0. The van der Waals surface area contributed by atoms with Gasteiger partial charge in [-0.05, 0) is 55.0 Å². The number of nitrogens with one attached hydrogen (secondary N) is 2. The molecule has 0 bridgehead atoms. The summed E-state index contributed by atoms with van der Waals surface area (Å²) in [7, 11) is 0. The Balaban J connectivity index is 1.57. The first-order valence-electron chi connectivity index (χ1n) is 9.90. The number of hydrazone groups is 1. The third-order valence-electron chi connectivity index (χ3n) is 4.15. The molecule has 9 heteroatoms. The van der Waals surface area contributed by atoms with Gasteiger partial charge in [0.1, 0.15) is 11.5 Å². The predicted molar refractivity (Wildman–Crippen MR) is 125 cm³/mol. The number of nitrogens with zero attached hydrogens (tertiary/aromatic N) is 1. The third-order valence-corrected chi connectivity index (χ3v) is 4.39. The van der Waals surface area contributed by atoms with Crippen LogP contribution in [-0.2, 0) is 9.59 Å². The standard InChI is InChI=1S/C24H20ClN3O5/c1-2-32-21-12-4-3-11-20(21)27-22(29)23(30)28-26-15-16-7-5-10-19(13-16)33-24(31)17-8-6-9-18(25)14-17/h3-15H,2H2,1H3,(H,27,29)(H,28,30)/b26-15+. The summed E-state index contributed by atoms with van der Waals surface area (Å²) in [6, 6.07) is 19.7. The minimum atomic E-state index is -0.957. The first-order valence-corrected chi connectivity index (χ1v) is 10.3. The van der Waals surface area contributed by atoms with Gasteiger partial charge < -0.3 is 14.8 Å². The summed E-state index contributed by atoms with van der Waals surface area (Å²) in [5.74, 6) is -1.69. The lowest BCUT2D eigenvalue weighted by Crippen LogP contribution is -2.32. The number of esters is 1. The van der Waals surface area contributed by atoms with Gasteiger partial charge in [0.25, 0.3) is 0 Å². The molecule has 0 unspecified atom stereocenters. The summed E-state index contributed by atoms with van der Waals surface area (Å²) in [6.45, 7) is 2.23. The number of benzene rings is 3. The number of amides is 2. The summed E-state index contributed by atoms with van der Waals surface area (Å²) < 4.78 is 10.7. The van der Waals surface area contributed by atoms with Crippen LogP contribution in [0.1, 0.15) is 22.8 Å². The van der Waals surface area contributed by atoms with Gasteiger partial charge in [0.2, 0.25) is 0 Å². The third kappa shape index (κ3) is 6.91. The molecule has 0 aliphatic carbocycles. The van der Waals surface area contributed by atoms with Crippen molar-refractivity contribution in [3.63, 3.8) is 0 Å². The Hall–Kier alpha value is -4.17. The molecule has 0 fully saturated rings. The Morgan fingerprint density at radius 1 is 0.970 bits per heavy atom. The van der Waals surface area contributed by atoms with E-state index in [0.717, 1.165) is 0 Å². The van der Waals surface area contributed by atoms with E-state index in [9.17, 15) is 14.4 Å². The van der Waals surface area contributed by atoms with E-state index >= 15 is 0 Å². The molecule has 0 radical (unpaired) electrons. The molecule has 0 heterocycles. The molecule has 0 spiro atoms. The largest absolute Gasteiger partial charge is 0.492 e. The maximum atomic E-state index is 12.2. The molecule has 0 aliphatic rings. The quantitative estimate of drug-likeness (QED) is 0.180. The van der Waals surface area contributed by atoms with Gasteiger partial charge in [-0.1, -0.05) is 41.9 Å². The lowest BCUT2D eigenvalue weighted by molar-refractivity contribution is -0.136. The second-order valence-corrected chi connectivity index (χ2v) is 6.99. The Labute approximate surface area is 195 Å². The van der Waals surface area contributed by atoms with Crippen LogP contribution in [0.3, 0.4) is 0 Å². The minimum absolute atomic E-state index is 0.278. The molecule has 33 heavy (non-hydrogen) atoms. The van der Waals surface area contributed by atoms with E-state index in [1.165, 1.54) is 12.3 Å². The number of anilines is 1. The number of hydrogen-bond donors (Lipinski definition) is 2. The maximum absolute atomic E-state index is 12.2. The molecular weight excluding hydrogens is 446 g/mol. The molecule has 3 aromatic rings. The van der Waals surface area contributed by atoms with Crippen molar-refractivity contribution in [2.45, 2.75) is 6.92 Å². The van der Waals surface area contributed by atoms with Gasteiger partial charge in [0.05, 0.1) is 24.1 Å². The molecule has 0 atom stereocenters. The Morgan fingerprint density at radius 2 is 1.76 bits per heavy atom. The highest BCUT2D eigenvalue weighted by atomic mass is 35.5. The summed E-state index contributed by atoms with van der Waals surface area (Å²) in [5.41, 5.74) is 3.37. The van der Waals surface area contributed by atoms with Crippen molar-refractivity contribution in [2.24, 2.45) is 5.10 Å². The Morgan fingerprint density at radius 3 is 2.55 bits per heavy atom. The van der Waals surface area contributed by atoms with Crippen LogP contribution in [0.4, 0.5) is 5.69 Å². The molecule has 0 saturated carbocycles. The summed E-state index contributed by atoms with van der Waals surface area (Å²) in [6.07, 6.45) is 1.32. The van der Waals surface area contributed by atoms with Crippen LogP contribution in [-0.4, -0.2) is 30.6 Å². The van der Waals surface area contributed by atoms with Gasteiger partial charge in [0.15, 0.2) is 0 Å². The number of hydrogen-bond acceptors (Lipinski definition) is 6. The highest BCUT2D eigenvalue weighted by molar-refractivity contribution is 6.39. The Bertz CT molecular complexity index is 1200. The van der Waals surface area contributed by atoms with Crippen molar-refractivity contribution in [3.05, 3.63) is 88.9 Å². The van der Waals surface area contributed by atoms with Crippen LogP contribution in [0.2, 0.25) is 5.02 Å². The topological polar surface area (TPSA) is 106 Å². The zero-order chi connectivity index (χ0) is 23.6. The lowest BCUT2D eigenvalue weighted by atomic mass is 10.2. The highest BCUT2D eigenvalue weighted by Gasteiger charge is 2.15. The van der Waals surface area contributed by atoms with Crippen molar-refractivity contribution in [1.29, 1.82) is 0 Å². The number of halogens is 1. The number of carbonyl (C=O) groups excluding carboxylic acids is 3. The van der Waals surface area contributed by atoms with Crippen molar-refractivity contribution >= 4 is 41.3 Å². The van der Waals surface area contributed by atoms with Crippen molar-refractivity contribution in [2.75, 3.05) is 11.9 Å². The molecule has 0 aliphatic heterocycles. The molecule has 2 amide bonds. The Kier molecular flexibility index (Phi) is 8.15. The van der Waals surface area contributed by atoms with Crippen LogP contribution < -0.4 is 20.2 Å². The normalized spacial score (nSPS) is 10.5. The molecule has 8 nitrogen and oxygen atoms in total. The minimum Gasteiger partial charge on any atom is -0.492 e. The van der Waals surface area contributed by atoms with Gasteiger partial charge >= 0.3 is 17.8 Å². The van der Waals surface area contributed by atoms with Gasteiger partial charge in [-0.25, -0.2) is 10.2 Å². The fourth-order valence-electron chi connectivity index (χ4n) is 2.69. The van der Waals surface area contributed by atoms with Gasteiger partial charge in [-0.2, -0.15) is 5.10 Å². The average molecular weight is 466 g/mol. The molecule has 3 aromatic carbocycles. The second-order valence-electron chi connectivity index (χ2n) is 6.55. The van der Waals surface area contributed by atoms with Crippen molar-refractivity contribution in [1.82, 2.24) is 5.43 Å². The first kappa shape index (κ1) is 23.5. The van der Waals surface area contributed by atoms with E-state index in [2.05, 4.69) is 15.8 Å². The van der Waals surface area contributed by atoms with Crippen LogP contribution >= 0.6 is 11.6 Å². The SMILES string of the molecule is CCOc1ccccc1NC(=O)C(=O)N/N=C/c1cccc(OC(=O)c2cccc(Cl)c2)c1. The molecular formula is C24H20ClN3O5. The summed E-state index contributed by atoms with van der Waals surface area (Å²) in [5, 5.41) is 6.68. The van der Waals surface area contributed by atoms with E-state index in [1.54, 1.807) is 66.7 Å². The van der Waals surface area contributed by atoms with E-state index in [0.29, 0.717) is 34.2 Å². The number of carbonyl (C=O) groups is 3. The van der Waals surface area contributed by atoms with E-state index < -0.39 is 17.8 Å². The monoisotopic (exact) mass is 465 g/mol. The van der Waals surface area contributed by atoms with E-state index in [4.69, 9.17) is 21.1 Å². The van der Waals surface area contributed by atoms with Crippen molar-refractivity contribution < 1.29 is 23.9 Å². The second kappa shape index (κ2) is 11.4. The number of para-hydroxylation sites is 2.